The highest BCUT2D eigenvalue weighted by atomic mass is 16.5. The largest absolute Gasteiger partial charge is 0.497 e. The van der Waals surface area contributed by atoms with Gasteiger partial charge < -0.3 is 15.0 Å². The number of H-pyrrole nitrogens is 1. The third-order valence-electron chi connectivity index (χ3n) is 5.20. The van der Waals surface area contributed by atoms with Crippen molar-refractivity contribution in [1.29, 1.82) is 0 Å². The Morgan fingerprint density at radius 1 is 1.14 bits per heavy atom. The number of carbonyl (C=O) groups is 1. The molecular formula is C21H19N5O2. The van der Waals surface area contributed by atoms with Crippen molar-refractivity contribution in [1.82, 2.24) is 19.7 Å². The predicted molar refractivity (Wildman–Crippen MR) is 106 cm³/mol. The number of nitrogens with zero attached hydrogens (tertiary/aromatic N) is 3. The highest BCUT2D eigenvalue weighted by Crippen LogP contribution is 2.40. The van der Waals surface area contributed by atoms with E-state index >= 15 is 0 Å². The van der Waals surface area contributed by atoms with E-state index in [0.29, 0.717) is 18.2 Å². The lowest BCUT2D eigenvalue weighted by molar-refractivity contribution is -0.116. The minimum absolute atomic E-state index is 0.0365. The van der Waals surface area contributed by atoms with Crippen LogP contribution in [0.2, 0.25) is 0 Å². The fourth-order valence-corrected chi connectivity index (χ4v) is 3.86. The molecule has 4 aromatic rings. The third kappa shape index (κ3) is 2.55. The van der Waals surface area contributed by atoms with E-state index in [1.54, 1.807) is 11.8 Å². The highest BCUT2D eigenvalue weighted by molar-refractivity contribution is 5.95. The number of aromatic amines is 1. The lowest BCUT2D eigenvalue weighted by atomic mass is 9.86. The zero-order valence-electron chi connectivity index (χ0n) is 15.6. The Labute approximate surface area is 161 Å². The van der Waals surface area contributed by atoms with E-state index in [-0.39, 0.29) is 11.8 Å². The maximum atomic E-state index is 12.5. The topological polar surface area (TPSA) is 84.8 Å². The van der Waals surface area contributed by atoms with Gasteiger partial charge in [0.2, 0.25) is 11.9 Å². The molecule has 0 unspecified atom stereocenters. The van der Waals surface area contributed by atoms with E-state index in [1.165, 1.54) is 0 Å². The number of imidazole rings is 1. The van der Waals surface area contributed by atoms with Crippen molar-refractivity contribution in [3.05, 3.63) is 65.4 Å². The molecule has 0 bridgehead atoms. The molecule has 0 aliphatic carbocycles. The minimum Gasteiger partial charge on any atom is -0.497 e. The fraction of sp³-hybridized carbons (Fsp3) is 0.190. The van der Waals surface area contributed by atoms with Crippen LogP contribution in [-0.2, 0) is 4.79 Å². The first kappa shape index (κ1) is 16.6. The zero-order chi connectivity index (χ0) is 19.3. The van der Waals surface area contributed by atoms with Gasteiger partial charge in [-0.25, -0.2) is 4.98 Å². The summed E-state index contributed by atoms with van der Waals surface area (Å²) >= 11 is 0. The first-order chi connectivity index (χ1) is 13.6. The van der Waals surface area contributed by atoms with Crippen LogP contribution in [-0.4, -0.2) is 32.8 Å². The van der Waals surface area contributed by atoms with Crippen molar-refractivity contribution in [2.45, 2.75) is 19.3 Å². The van der Waals surface area contributed by atoms with Crippen LogP contribution in [0.15, 0.2) is 48.5 Å². The molecule has 0 spiro atoms. The molecule has 5 rings (SSSR count). The summed E-state index contributed by atoms with van der Waals surface area (Å²) in [6.07, 6.45) is 0.381. The van der Waals surface area contributed by atoms with Gasteiger partial charge in [0.05, 0.1) is 23.8 Å². The van der Waals surface area contributed by atoms with E-state index in [0.717, 1.165) is 33.6 Å². The molecule has 0 fully saturated rings. The average Bonchev–Trinajstić information content (AvgIpc) is 3.28. The van der Waals surface area contributed by atoms with Gasteiger partial charge in [0, 0.05) is 17.9 Å². The highest BCUT2D eigenvalue weighted by Gasteiger charge is 2.33. The smallest absolute Gasteiger partial charge is 0.231 e. The van der Waals surface area contributed by atoms with Crippen LogP contribution in [0.5, 0.6) is 5.75 Å². The molecule has 3 heterocycles. The molecule has 1 aliphatic rings. The van der Waals surface area contributed by atoms with Gasteiger partial charge in [-0.2, -0.15) is 9.78 Å². The van der Waals surface area contributed by atoms with Crippen LogP contribution in [0, 0.1) is 6.92 Å². The zero-order valence-corrected chi connectivity index (χ0v) is 15.6. The Balaban J connectivity index is 1.64. The van der Waals surface area contributed by atoms with E-state index in [4.69, 9.17) is 4.74 Å². The number of anilines is 1. The molecule has 28 heavy (non-hydrogen) atoms. The van der Waals surface area contributed by atoms with Crippen molar-refractivity contribution < 1.29 is 9.53 Å². The van der Waals surface area contributed by atoms with Gasteiger partial charge in [0.25, 0.3) is 0 Å². The summed E-state index contributed by atoms with van der Waals surface area (Å²) < 4.78 is 6.95. The average molecular weight is 373 g/mol. The van der Waals surface area contributed by atoms with Crippen LogP contribution < -0.4 is 10.1 Å². The van der Waals surface area contributed by atoms with Crippen molar-refractivity contribution in [3.8, 4) is 11.7 Å². The Morgan fingerprint density at radius 3 is 2.68 bits per heavy atom. The number of aromatic nitrogens is 4. The van der Waals surface area contributed by atoms with Crippen molar-refractivity contribution in [2.75, 3.05) is 12.4 Å². The van der Waals surface area contributed by atoms with Crippen LogP contribution in [0.25, 0.3) is 17.0 Å². The number of fused-ring (bicyclic) bond motifs is 2. The molecule has 2 aromatic carbocycles. The summed E-state index contributed by atoms with van der Waals surface area (Å²) in [7, 11) is 1.64. The molecule has 2 N–H and O–H groups in total. The number of aryl methyl sites for hydroxylation is 1. The fourth-order valence-electron chi connectivity index (χ4n) is 3.86. The standard InChI is InChI=1S/C21H19N5O2/c1-12-19-15(13-7-9-14(28-2)10-8-13)11-18(27)24-20(19)26(25-12)21-22-16-5-3-4-6-17(16)23-21/h3-10,15H,11H2,1-2H3,(H,22,23)(H,24,27)/t15-/m0/s1. The molecular weight excluding hydrogens is 354 g/mol. The van der Waals surface area contributed by atoms with Gasteiger partial charge in [-0.15, -0.1) is 0 Å². The molecule has 0 saturated carbocycles. The minimum atomic E-state index is -0.0622. The molecule has 140 valence electrons. The van der Waals surface area contributed by atoms with Crippen molar-refractivity contribution in [2.24, 2.45) is 0 Å². The Kier molecular flexibility index (Phi) is 3.68. The predicted octanol–water partition coefficient (Wildman–Crippen LogP) is 3.54. The van der Waals surface area contributed by atoms with Crippen molar-refractivity contribution in [3.63, 3.8) is 0 Å². The normalized spacial score (nSPS) is 16.1. The second-order valence-corrected chi connectivity index (χ2v) is 6.92. The second kappa shape index (κ2) is 6.23. The molecule has 0 radical (unpaired) electrons. The van der Waals surface area contributed by atoms with Gasteiger partial charge in [0.15, 0.2) is 0 Å². The SMILES string of the molecule is COc1ccc([C@@H]2CC(=O)Nc3c2c(C)nn3-c2nc3ccccc3[nH]2)cc1. The molecule has 1 amide bonds. The summed E-state index contributed by atoms with van der Waals surface area (Å²) in [5.41, 5.74) is 4.73. The first-order valence-electron chi connectivity index (χ1n) is 9.12. The number of amides is 1. The van der Waals surface area contributed by atoms with Gasteiger partial charge in [-0.3, -0.25) is 4.79 Å². The van der Waals surface area contributed by atoms with Crippen molar-refractivity contribution >= 4 is 22.8 Å². The summed E-state index contributed by atoms with van der Waals surface area (Å²) in [6.45, 7) is 1.96. The number of nitrogens with one attached hydrogen (secondary N) is 2. The van der Waals surface area contributed by atoms with E-state index < -0.39 is 0 Å². The van der Waals surface area contributed by atoms with E-state index in [2.05, 4.69) is 20.4 Å². The molecule has 1 atom stereocenters. The van der Waals surface area contributed by atoms with Crippen LogP contribution in [0.4, 0.5) is 5.82 Å². The lowest BCUT2D eigenvalue weighted by Crippen LogP contribution is -2.25. The summed E-state index contributed by atoms with van der Waals surface area (Å²) in [4.78, 5) is 20.4. The summed E-state index contributed by atoms with van der Waals surface area (Å²) in [5, 5.41) is 7.68. The molecule has 1 aliphatic heterocycles. The number of ether oxygens (including phenoxy) is 1. The number of hydrogen-bond donors (Lipinski definition) is 2. The lowest BCUT2D eigenvalue weighted by Gasteiger charge is -2.24. The van der Waals surface area contributed by atoms with E-state index in [9.17, 15) is 4.79 Å². The number of rotatable bonds is 3. The van der Waals surface area contributed by atoms with E-state index in [1.807, 2.05) is 55.5 Å². The third-order valence-corrected chi connectivity index (χ3v) is 5.20. The maximum absolute atomic E-state index is 12.5. The Hall–Kier alpha value is -3.61. The Bertz CT molecular complexity index is 1160. The molecule has 7 nitrogen and oxygen atoms in total. The summed E-state index contributed by atoms with van der Waals surface area (Å²) in [6, 6.07) is 15.6. The van der Waals surface area contributed by atoms with Gasteiger partial charge in [-0.05, 0) is 36.8 Å². The number of hydrogen-bond acceptors (Lipinski definition) is 4. The molecule has 0 saturated heterocycles. The number of para-hydroxylation sites is 2. The van der Waals surface area contributed by atoms with Gasteiger partial charge >= 0.3 is 0 Å². The molecule has 7 heteroatoms. The Morgan fingerprint density at radius 2 is 1.93 bits per heavy atom. The quantitative estimate of drug-likeness (QED) is 0.575. The monoisotopic (exact) mass is 373 g/mol. The number of benzene rings is 2. The number of methoxy groups -OCH3 is 1. The van der Waals surface area contributed by atoms with Crippen LogP contribution in [0.1, 0.15) is 29.2 Å². The summed E-state index contributed by atoms with van der Waals surface area (Å²) in [5.74, 6) is 1.95. The second-order valence-electron chi connectivity index (χ2n) is 6.92. The van der Waals surface area contributed by atoms with Gasteiger partial charge in [-0.1, -0.05) is 24.3 Å². The number of carbonyl (C=O) groups excluding carboxylic acids is 1. The maximum Gasteiger partial charge on any atom is 0.231 e. The van der Waals surface area contributed by atoms with Crippen LogP contribution >= 0.6 is 0 Å². The first-order valence-corrected chi connectivity index (χ1v) is 9.12. The van der Waals surface area contributed by atoms with Crippen LogP contribution in [0.3, 0.4) is 0 Å². The molecule has 2 aromatic heterocycles. The van der Waals surface area contributed by atoms with Gasteiger partial charge in [0.1, 0.15) is 11.6 Å².